The van der Waals surface area contributed by atoms with E-state index in [1.54, 1.807) is 13.4 Å². The van der Waals surface area contributed by atoms with Gasteiger partial charge in [0.25, 0.3) is 0 Å². The number of benzene rings is 2. The average Bonchev–Trinajstić information content (AvgIpc) is 3.52. The number of hydrogen-bond acceptors (Lipinski definition) is 8. The summed E-state index contributed by atoms with van der Waals surface area (Å²) in [6.07, 6.45) is 2.29. The molecule has 0 radical (unpaired) electrons. The number of hydrogen-bond donors (Lipinski definition) is 1. The minimum atomic E-state index is -0.467. The first-order valence-electron chi connectivity index (χ1n) is 11.1. The topological polar surface area (TPSA) is 104 Å². The number of furan rings is 1. The predicted molar refractivity (Wildman–Crippen MR) is 133 cm³/mol. The summed E-state index contributed by atoms with van der Waals surface area (Å²) in [6.45, 7) is 2.41. The van der Waals surface area contributed by atoms with Crippen molar-refractivity contribution in [2.45, 2.75) is 30.8 Å². The molecule has 5 aromatic rings. The molecule has 9 heteroatoms. The van der Waals surface area contributed by atoms with E-state index in [1.807, 2.05) is 54.0 Å². The van der Waals surface area contributed by atoms with Crippen LogP contribution in [0.25, 0.3) is 22.4 Å². The van der Waals surface area contributed by atoms with Crippen molar-refractivity contribution in [1.82, 2.24) is 14.8 Å². The van der Waals surface area contributed by atoms with Crippen LogP contribution in [0.5, 0.6) is 11.5 Å². The molecule has 0 fully saturated rings. The Hall–Kier alpha value is -3.98. The number of phenolic OH excluding ortho intramolecular Hbond substituents is 1. The third-order valence-corrected chi connectivity index (χ3v) is 6.72. The largest absolute Gasteiger partial charge is 0.508 e. The van der Waals surface area contributed by atoms with Crippen molar-refractivity contribution >= 4 is 22.7 Å². The van der Waals surface area contributed by atoms with Crippen LogP contribution < -0.4 is 10.4 Å². The van der Waals surface area contributed by atoms with Gasteiger partial charge in [0.15, 0.2) is 11.0 Å². The number of aryl methyl sites for hydroxylation is 1. The smallest absolute Gasteiger partial charge is 0.336 e. The van der Waals surface area contributed by atoms with Gasteiger partial charge in [-0.15, -0.1) is 10.2 Å². The van der Waals surface area contributed by atoms with Gasteiger partial charge in [0.05, 0.1) is 19.9 Å². The van der Waals surface area contributed by atoms with Crippen LogP contribution in [0.1, 0.15) is 23.8 Å². The Bertz CT molecular complexity index is 1540. The van der Waals surface area contributed by atoms with E-state index in [4.69, 9.17) is 13.6 Å². The van der Waals surface area contributed by atoms with E-state index >= 15 is 0 Å². The lowest BCUT2D eigenvalue weighted by Crippen LogP contribution is -2.04. The molecule has 3 aromatic heterocycles. The van der Waals surface area contributed by atoms with E-state index in [-0.39, 0.29) is 5.75 Å². The standard InChI is InChI=1S/C26H23N3O5S/c1-3-16-11-21-18(12-24(31)34-23(21)13-22(16)30)15-35-26-28-27-25(17-6-4-7-19(10-17)32-2)29(26)14-20-8-5-9-33-20/h4-13,30H,3,14-15H2,1-2H3. The summed E-state index contributed by atoms with van der Waals surface area (Å²) < 4.78 is 18.3. The second kappa shape index (κ2) is 9.71. The van der Waals surface area contributed by atoms with Crippen LogP contribution in [0, 0.1) is 0 Å². The summed E-state index contributed by atoms with van der Waals surface area (Å²) >= 11 is 1.46. The SMILES string of the molecule is CCc1cc2c(CSc3nnc(-c4cccc(OC)c4)n3Cc3ccco3)cc(=O)oc2cc1O. The van der Waals surface area contributed by atoms with Crippen molar-refractivity contribution in [2.24, 2.45) is 0 Å². The zero-order chi connectivity index (χ0) is 24.4. The van der Waals surface area contributed by atoms with Gasteiger partial charge >= 0.3 is 5.63 Å². The summed E-state index contributed by atoms with van der Waals surface area (Å²) in [7, 11) is 1.62. The van der Waals surface area contributed by atoms with E-state index in [1.165, 1.54) is 23.9 Å². The number of phenols is 1. The molecule has 0 bridgehead atoms. The van der Waals surface area contributed by atoms with Crippen LogP contribution in [0.2, 0.25) is 0 Å². The van der Waals surface area contributed by atoms with Crippen molar-refractivity contribution in [1.29, 1.82) is 0 Å². The fourth-order valence-corrected chi connectivity index (χ4v) is 4.85. The highest BCUT2D eigenvalue weighted by molar-refractivity contribution is 7.98. The number of rotatable bonds is 8. The Morgan fingerprint density at radius 1 is 1.09 bits per heavy atom. The van der Waals surface area contributed by atoms with Crippen molar-refractivity contribution in [3.05, 3.63) is 88.2 Å². The monoisotopic (exact) mass is 489 g/mol. The lowest BCUT2D eigenvalue weighted by Gasteiger charge is -2.11. The minimum absolute atomic E-state index is 0.120. The summed E-state index contributed by atoms with van der Waals surface area (Å²) in [6, 6.07) is 16.3. The Morgan fingerprint density at radius 2 is 1.97 bits per heavy atom. The zero-order valence-corrected chi connectivity index (χ0v) is 20.0. The molecule has 178 valence electrons. The summed E-state index contributed by atoms with van der Waals surface area (Å²) in [5, 5.41) is 20.6. The highest BCUT2D eigenvalue weighted by Crippen LogP contribution is 2.32. The van der Waals surface area contributed by atoms with Gasteiger partial charge in [0.2, 0.25) is 0 Å². The van der Waals surface area contributed by atoms with Gasteiger partial charge in [-0.1, -0.05) is 30.8 Å². The van der Waals surface area contributed by atoms with Crippen molar-refractivity contribution in [2.75, 3.05) is 7.11 Å². The maximum Gasteiger partial charge on any atom is 0.336 e. The average molecular weight is 490 g/mol. The van der Waals surface area contributed by atoms with E-state index in [0.29, 0.717) is 35.3 Å². The normalized spacial score (nSPS) is 11.3. The number of aromatic nitrogens is 3. The maximum absolute atomic E-state index is 12.2. The summed E-state index contributed by atoms with van der Waals surface area (Å²) in [5.74, 6) is 2.75. The zero-order valence-electron chi connectivity index (χ0n) is 19.2. The molecule has 0 amide bonds. The number of fused-ring (bicyclic) bond motifs is 1. The maximum atomic E-state index is 12.2. The quantitative estimate of drug-likeness (QED) is 0.232. The molecule has 3 heterocycles. The van der Waals surface area contributed by atoms with Gasteiger partial charge in [-0.25, -0.2) is 4.79 Å². The third kappa shape index (κ3) is 4.67. The van der Waals surface area contributed by atoms with Crippen molar-refractivity contribution in [3.63, 3.8) is 0 Å². The summed E-state index contributed by atoms with van der Waals surface area (Å²) in [4.78, 5) is 12.2. The molecule has 0 atom stereocenters. The fourth-order valence-electron chi connectivity index (χ4n) is 3.92. The lowest BCUT2D eigenvalue weighted by atomic mass is 10.1. The van der Waals surface area contributed by atoms with E-state index in [9.17, 15) is 9.90 Å². The molecule has 35 heavy (non-hydrogen) atoms. The second-order valence-corrected chi connectivity index (χ2v) is 8.86. The molecule has 0 unspecified atom stereocenters. The molecule has 1 N–H and O–H groups in total. The van der Waals surface area contributed by atoms with Crippen LogP contribution in [0.4, 0.5) is 0 Å². The highest BCUT2D eigenvalue weighted by atomic mass is 32.2. The Kier molecular flexibility index (Phi) is 6.33. The first kappa shape index (κ1) is 22.8. The molecule has 0 saturated heterocycles. The van der Waals surface area contributed by atoms with Crippen molar-refractivity contribution < 1.29 is 18.7 Å². The van der Waals surface area contributed by atoms with Crippen LogP contribution >= 0.6 is 11.8 Å². The molecule has 2 aromatic carbocycles. The number of ether oxygens (including phenoxy) is 1. The molecule has 0 saturated carbocycles. The first-order chi connectivity index (χ1) is 17.1. The van der Waals surface area contributed by atoms with Gasteiger partial charge in [-0.3, -0.25) is 4.57 Å². The molecule has 8 nitrogen and oxygen atoms in total. The van der Waals surface area contributed by atoms with Gasteiger partial charge in [0.1, 0.15) is 22.8 Å². The number of methoxy groups -OCH3 is 1. The van der Waals surface area contributed by atoms with E-state index < -0.39 is 5.63 Å². The number of thioether (sulfide) groups is 1. The van der Waals surface area contributed by atoms with Crippen LogP contribution in [0.15, 0.2) is 79.6 Å². The van der Waals surface area contributed by atoms with Crippen LogP contribution in [0.3, 0.4) is 0 Å². The van der Waals surface area contributed by atoms with Gasteiger partial charge in [-0.05, 0) is 47.9 Å². The molecular weight excluding hydrogens is 466 g/mol. The van der Waals surface area contributed by atoms with Gasteiger partial charge in [0, 0.05) is 28.8 Å². The molecular formula is C26H23N3O5S. The van der Waals surface area contributed by atoms with E-state index in [0.717, 1.165) is 33.6 Å². The highest BCUT2D eigenvalue weighted by Gasteiger charge is 2.18. The molecule has 0 aliphatic rings. The van der Waals surface area contributed by atoms with Gasteiger partial charge < -0.3 is 18.7 Å². The molecule has 0 spiro atoms. The third-order valence-electron chi connectivity index (χ3n) is 5.71. The fraction of sp³-hybridized carbons (Fsp3) is 0.192. The van der Waals surface area contributed by atoms with Gasteiger partial charge in [-0.2, -0.15) is 0 Å². The van der Waals surface area contributed by atoms with Crippen LogP contribution in [-0.4, -0.2) is 27.0 Å². The van der Waals surface area contributed by atoms with Crippen molar-refractivity contribution in [3.8, 4) is 22.9 Å². The van der Waals surface area contributed by atoms with Crippen LogP contribution in [-0.2, 0) is 18.7 Å². The van der Waals surface area contributed by atoms with E-state index in [2.05, 4.69) is 10.2 Å². The minimum Gasteiger partial charge on any atom is -0.508 e. The number of nitrogens with zero attached hydrogens (tertiary/aromatic N) is 3. The second-order valence-electron chi connectivity index (χ2n) is 7.91. The molecule has 0 aliphatic heterocycles. The molecule has 5 rings (SSSR count). The number of aromatic hydroxyl groups is 1. The predicted octanol–water partition coefficient (Wildman–Crippen LogP) is 5.26. The Morgan fingerprint density at radius 3 is 2.74 bits per heavy atom. The molecule has 0 aliphatic carbocycles. The summed E-state index contributed by atoms with van der Waals surface area (Å²) in [5.41, 5.74) is 2.34. The first-order valence-corrected chi connectivity index (χ1v) is 12.1. The Balaban J connectivity index is 1.53. The Labute approximate surface area is 205 Å². The lowest BCUT2D eigenvalue weighted by molar-refractivity contribution is 0.415.